The Kier molecular flexibility index (Phi) is 13.8. The SMILES string of the molecule is c1ccc(-c2nc(-c3ccccc3)nc(-c3ccc4c(c3)C3(c5ccccc5-4)c4ccccc4N(c4ccccc4)c4ccccc43)n2)cc1.c1ccc(-c2nc(-c3ccccc3)nc(-c3cccc4c3-c3ccccc3C43c4ccccc4N(c4ccccc4)c4ccccc43)n2)cc1. The molecular weight excluding hydrogens is 1220 g/mol. The van der Waals surface area contributed by atoms with Crippen molar-refractivity contribution < 1.29 is 0 Å². The summed E-state index contributed by atoms with van der Waals surface area (Å²) in [5, 5.41) is 0. The van der Waals surface area contributed by atoms with Gasteiger partial charge in [0.15, 0.2) is 34.9 Å². The molecule has 0 N–H and O–H groups in total. The Morgan fingerprint density at radius 2 is 0.460 bits per heavy atom. The molecular formula is C92H60N8. The zero-order chi connectivity index (χ0) is 66.1. The molecule has 8 heteroatoms. The molecule has 2 aliphatic carbocycles. The van der Waals surface area contributed by atoms with Gasteiger partial charge in [-0.15, -0.1) is 0 Å². The van der Waals surface area contributed by atoms with Crippen LogP contribution in [0, 0.1) is 0 Å². The van der Waals surface area contributed by atoms with Crippen LogP contribution in [0.4, 0.5) is 34.1 Å². The van der Waals surface area contributed by atoms with Gasteiger partial charge in [0.1, 0.15) is 0 Å². The van der Waals surface area contributed by atoms with Crippen LogP contribution in [0.5, 0.6) is 0 Å². The minimum atomic E-state index is -0.558. The van der Waals surface area contributed by atoms with Crippen molar-refractivity contribution in [2.75, 3.05) is 9.80 Å². The summed E-state index contributed by atoms with van der Waals surface area (Å²) in [6.07, 6.45) is 0. The van der Waals surface area contributed by atoms with Crippen molar-refractivity contribution in [3.8, 4) is 90.6 Å². The van der Waals surface area contributed by atoms with E-state index in [4.69, 9.17) is 29.9 Å². The van der Waals surface area contributed by atoms with Gasteiger partial charge in [-0.25, -0.2) is 29.9 Å². The Balaban J connectivity index is 0.000000139. The highest BCUT2D eigenvalue weighted by molar-refractivity contribution is 6.01. The minimum Gasteiger partial charge on any atom is -0.310 e. The summed E-state index contributed by atoms with van der Waals surface area (Å²) in [5.41, 5.74) is 26.4. The largest absolute Gasteiger partial charge is 0.310 e. The third-order valence-electron chi connectivity index (χ3n) is 20.2. The van der Waals surface area contributed by atoms with E-state index in [1.54, 1.807) is 0 Å². The zero-order valence-electron chi connectivity index (χ0n) is 54.2. The average Bonchev–Trinajstić information content (AvgIpc) is 1.47. The van der Waals surface area contributed by atoms with Crippen LogP contribution in [0.2, 0.25) is 0 Å². The van der Waals surface area contributed by atoms with Crippen LogP contribution in [0.25, 0.3) is 90.6 Å². The number of hydrogen-bond donors (Lipinski definition) is 0. The van der Waals surface area contributed by atoms with E-state index in [0.29, 0.717) is 34.9 Å². The van der Waals surface area contributed by atoms with Crippen molar-refractivity contribution in [1.29, 1.82) is 0 Å². The summed E-state index contributed by atoms with van der Waals surface area (Å²) in [7, 11) is 0. The van der Waals surface area contributed by atoms with Crippen molar-refractivity contribution in [2.45, 2.75) is 10.8 Å². The normalized spacial score (nSPS) is 13.3. The Morgan fingerprint density at radius 3 is 0.870 bits per heavy atom. The van der Waals surface area contributed by atoms with Gasteiger partial charge in [-0.1, -0.05) is 309 Å². The lowest BCUT2D eigenvalue weighted by Crippen LogP contribution is -2.36. The predicted octanol–water partition coefficient (Wildman–Crippen LogP) is 22.0. The van der Waals surface area contributed by atoms with Gasteiger partial charge in [-0.2, -0.15) is 0 Å². The van der Waals surface area contributed by atoms with E-state index in [1.807, 2.05) is 72.8 Å². The summed E-state index contributed by atoms with van der Waals surface area (Å²) in [6, 6.07) is 129. The molecule has 14 aromatic carbocycles. The van der Waals surface area contributed by atoms with E-state index in [9.17, 15) is 0 Å². The quantitative estimate of drug-likeness (QED) is 0.149. The van der Waals surface area contributed by atoms with Crippen LogP contribution >= 0.6 is 0 Å². The van der Waals surface area contributed by atoms with Crippen molar-refractivity contribution in [3.05, 3.63) is 408 Å². The number of anilines is 6. The molecule has 0 radical (unpaired) electrons. The summed E-state index contributed by atoms with van der Waals surface area (Å²) >= 11 is 0. The smallest absolute Gasteiger partial charge is 0.164 e. The van der Waals surface area contributed by atoms with Gasteiger partial charge in [0.2, 0.25) is 0 Å². The number of benzene rings is 14. The number of aromatic nitrogens is 6. The summed E-state index contributed by atoms with van der Waals surface area (Å²) in [6.45, 7) is 0. The summed E-state index contributed by atoms with van der Waals surface area (Å²) in [5.74, 6) is 3.92. The number of fused-ring (bicyclic) bond motifs is 18. The molecule has 0 saturated carbocycles. The second-order valence-corrected chi connectivity index (χ2v) is 25.6. The topological polar surface area (TPSA) is 83.8 Å². The Bertz CT molecular complexity index is 5460. The third kappa shape index (κ3) is 9.08. The first-order valence-corrected chi connectivity index (χ1v) is 33.9. The monoisotopic (exact) mass is 1280 g/mol. The van der Waals surface area contributed by atoms with E-state index in [0.717, 1.165) is 50.3 Å². The third-order valence-corrected chi connectivity index (χ3v) is 20.2. The highest BCUT2D eigenvalue weighted by Crippen LogP contribution is 2.66. The van der Waals surface area contributed by atoms with Crippen LogP contribution < -0.4 is 9.80 Å². The predicted molar refractivity (Wildman–Crippen MR) is 403 cm³/mol. The molecule has 468 valence electrons. The van der Waals surface area contributed by atoms with Gasteiger partial charge >= 0.3 is 0 Å². The van der Waals surface area contributed by atoms with Crippen LogP contribution in [0.15, 0.2) is 364 Å². The first-order valence-electron chi connectivity index (χ1n) is 33.9. The maximum Gasteiger partial charge on any atom is 0.164 e. The van der Waals surface area contributed by atoms with E-state index in [1.165, 1.54) is 83.9 Å². The summed E-state index contributed by atoms with van der Waals surface area (Å²) < 4.78 is 0. The van der Waals surface area contributed by atoms with Crippen molar-refractivity contribution in [3.63, 3.8) is 0 Å². The number of para-hydroxylation sites is 6. The second kappa shape index (κ2) is 23.8. The molecule has 0 fully saturated rings. The Labute approximate surface area is 580 Å². The molecule has 0 unspecified atom stereocenters. The fraction of sp³-hybridized carbons (Fsp3) is 0.0217. The van der Waals surface area contributed by atoms with Gasteiger partial charge in [-0.05, 0) is 121 Å². The molecule has 0 saturated heterocycles. The lowest BCUT2D eigenvalue weighted by molar-refractivity contribution is 0.752. The highest BCUT2D eigenvalue weighted by Gasteiger charge is 2.54. The van der Waals surface area contributed by atoms with Crippen molar-refractivity contribution >= 4 is 34.1 Å². The molecule has 0 bridgehead atoms. The molecule has 0 atom stereocenters. The standard InChI is InChI=1S/2C46H30N4/c1-4-17-31(18-5-1)43-47-44(32-19-6-2-7-20-32)49-45(48-43)35-24-16-28-39-42(35)34-23-10-11-25-36(34)46(39)37-26-12-14-29-40(37)50(33-21-8-3-9-22-33)41-30-15-13-27-38(41)46;1-4-16-31(17-5-1)43-47-44(32-18-6-2-7-19-32)49-45(48-43)33-28-29-36-35-22-10-11-23-37(35)46(40(36)30-33)38-24-12-14-26-41(38)50(34-20-8-3-9-21-34)42-27-15-13-25-39(42)46/h2*1-30H. The van der Waals surface area contributed by atoms with Gasteiger partial charge in [0.25, 0.3) is 0 Å². The fourth-order valence-electron chi connectivity index (χ4n) is 16.2. The molecule has 0 amide bonds. The number of rotatable bonds is 8. The summed E-state index contributed by atoms with van der Waals surface area (Å²) in [4.78, 5) is 35.4. The molecule has 20 rings (SSSR count). The van der Waals surface area contributed by atoms with Crippen molar-refractivity contribution in [1.82, 2.24) is 29.9 Å². The van der Waals surface area contributed by atoms with E-state index >= 15 is 0 Å². The maximum absolute atomic E-state index is 5.19. The minimum absolute atomic E-state index is 0.558. The van der Waals surface area contributed by atoms with Crippen LogP contribution in [0.1, 0.15) is 44.5 Å². The lowest BCUT2D eigenvalue weighted by atomic mass is 9.64. The maximum atomic E-state index is 5.19. The van der Waals surface area contributed by atoms with Gasteiger partial charge in [-0.3, -0.25) is 0 Å². The second-order valence-electron chi connectivity index (χ2n) is 25.6. The van der Waals surface area contributed by atoms with Gasteiger partial charge in [0.05, 0.1) is 33.6 Å². The van der Waals surface area contributed by atoms with Gasteiger partial charge < -0.3 is 9.80 Å². The van der Waals surface area contributed by atoms with Crippen LogP contribution in [-0.2, 0) is 10.8 Å². The molecule has 8 nitrogen and oxygen atoms in total. The molecule has 2 aliphatic heterocycles. The first-order chi connectivity index (χ1) is 49.6. The lowest BCUT2D eigenvalue weighted by Gasteiger charge is -2.45. The molecule has 2 spiro atoms. The molecule has 4 heterocycles. The first kappa shape index (κ1) is 58.1. The Hall–Kier alpha value is -13.3. The van der Waals surface area contributed by atoms with E-state index < -0.39 is 10.8 Å². The molecule has 4 aliphatic rings. The van der Waals surface area contributed by atoms with Gasteiger partial charge in [0, 0.05) is 44.8 Å². The average molecular weight is 1280 g/mol. The highest BCUT2D eigenvalue weighted by atomic mass is 15.2. The number of nitrogens with zero attached hydrogens (tertiary/aromatic N) is 8. The molecule has 16 aromatic rings. The zero-order valence-corrected chi connectivity index (χ0v) is 54.2. The molecule has 2 aromatic heterocycles. The van der Waals surface area contributed by atoms with E-state index in [2.05, 4.69) is 301 Å². The van der Waals surface area contributed by atoms with Crippen LogP contribution in [0.3, 0.4) is 0 Å². The van der Waals surface area contributed by atoms with E-state index in [-0.39, 0.29) is 0 Å². The number of hydrogen-bond acceptors (Lipinski definition) is 8. The van der Waals surface area contributed by atoms with Crippen molar-refractivity contribution in [2.24, 2.45) is 0 Å². The molecule has 100 heavy (non-hydrogen) atoms. The van der Waals surface area contributed by atoms with Crippen LogP contribution in [-0.4, -0.2) is 29.9 Å². The fourth-order valence-corrected chi connectivity index (χ4v) is 16.2. The Morgan fingerprint density at radius 1 is 0.180 bits per heavy atom.